The van der Waals surface area contributed by atoms with E-state index in [1.54, 1.807) is 32.0 Å². The molecule has 0 saturated carbocycles. The first kappa shape index (κ1) is 16.1. The predicted octanol–water partition coefficient (Wildman–Crippen LogP) is 4.18. The molecule has 0 aliphatic heterocycles. The molecule has 1 aromatic rings. The van der Waals surface area contributed by atoms with Crippen LogP contribution in [0.25, 0.3) is 0 Å². The summed E-state index contributed by atoms with van der Waals surface area (Å²) in [4.78, 5) is 24.2. The quantitative estimate of drug-likeness (QED) is 0.783. The highest BCUT2D eigenvalue weighted by atomic mass is 35.5. The average Bonchev–Trinajstić information content (AvgIpc) is 2.37. The fraction of sp³-hybridized carbons (Fsp3) is 0.375. The van der Waals surface area contributed by atoms with E-state index in [4.69, 9.17) is 27.9 Å². The van der Waals surface area contributed by atoms with Gasteiger partial charge in [-0.15, -0.1) is 0 Å². The Labute approximate surface area is 133 Å². The van der Waals surface area contributed by atoms with Crippen LogP contribution < -0.4 is 0 Å². The van der Waals surface area contributed by atoms with Gasteiger partial charge in [0.2, 0.25) is 0 Å². The zero-order chi connectivity index (χ0) is 15.6. The third kappa shape index (κ3) is 3.30. The van der Waals surface area contributed by atoms with Gasteiger partial charge < -0.3 is 4.74 Å². The molecule has 2 rings (SSSR count). The van der Waals surface area contributed by atoms with Gasteiger partial charge in [0, 0.05) is 22.4 Å². The van der Waals surface area contributed by atoms with Crippen LogP contribution in [0.4, 0.5) is 0 Å². The Hall–Kier alpha value is -1.32. The molecule has 0 fully saturated rings. The summed E-state index contributed by atoms with van der Waals surface area (Å²) in [7, 11) is 0. The second-order valence-electron chi connectivity index (χ2n) is 5.03. The van der Waals surface area contributed by atoms with Gasteiger partial charge in [0.05, 0.1) is 12.5 Å². The topological polar surface area (TPSA) is 43.4 Å². The Balaban J connectivity index is 2.50. The number of rotatable bonds is 3. The molecular weight excluding hydrogens is 311 g/mol. The monoisotopic (exact) mass is 326 g/mol. The smallest absolute Gasteiger partial charge is 0.313 e. The van der Waals surface area contributed by atoms with E-state index in [2.05, 4.69) is 0 Å². The molecule has 0 aromatic heterocycles. The number of allylic oxidation sites excluding steroid dienone is 1. The first-order valence-electron chi connectivity index (χ1n) is 6.77. The highest BCUT2D eigenvalue weighted by molar-refractivity contribution is 6.36. The van der Waals surface area contributed by atoms with Crippen molar-refractivity contribution in [3.05, 3.63) is 45.5 Å². The Kier molecular flexibility index (Phi) is 5.07. The number of ether oxygens (including phenoxy) is 1. The lowest BCUT2D eigenvalue weighted by Gasteiger charge is -2.30. The lowest BCUT2D eigenvalue weighted by Crippen LogP contribution is -2.31. The van der Waals surface area contributed by atoms with Crippen molar-refractivity contribution < 1.29 is 14.3 Å². The van der Waals surface area contributed by atoms with Gasteiger partial charge >= 0.3 is 5.97 Å². The van der Waals surface area contributed by atoms with E-state index in [1.165, 1.54) is 6.08 Å². The molecule has 0 spiro atoms. The third-order valence-electron chi connectivity index (χ3n) is 3.61. The molecule has 1 aromatic carbocycles. The number of esters is 1. The first-order chi connectivity index (χ1) is 9.95. The summed E-state index contributed by atoms with van der Waals surface area (Å²) in [5.74, 6) is -1.29. The summed E-state index contributed by atoms with van der Waals surface area (Å²) in [6, 6.07) is 5.16. The Morgan fingerprint density at radius 1 is 1.33 bits per heavy atom. The molecule has 0 radical (unpaired) electrons. The molecule has 0 heterocycles. The van der Waals surface area contributed by atoms with Crippen LogP contribution in [0.1, 0.15) is 31.7 Å². The highest BCUT2D eigenvalue weighted by Crippen LogP contribution is 2.43. The number of hydrogen-bond acceptors (Lipinski definition) is 3. The summed E-state index contributed by atoms with van der Waals surface area (Å²) in [5.41, 5.74) is 1.32. The van der Waals surface area contributed by atoms with E-state index in [0.29, 0.717) is 27.8 Å². The number of benzene rings is 1. The fourth-order valence-electron chi connectivity index (χ4n) is 2.77. The van der Waals surface area contributed by atoms with Gasteiger partial charge in [0.25, 0.3) is 0 Å². The van der Waals surface area contributed by atoms with Crippen molar-refractivity contribution in [1.82, 2.24) is 0 Å². The van der Waals surface area contributed by atoms with Crippen molar-refractivity contribution >= 4 is 35.0 Å². The summed E-state index contributed by atoms with van der Waals surface area (Å²) < 4.78 is 5.14. The number of hydrogen-bond donors (Lipinski definition) is 0. The van der Waals surface area contributed by atoms with Crippen LogP contribution in [0.2, 0.25) is 10.0 Å². The second kappa shape index (κ2) is 6.63. The van der Waals surface area contributed by atoms with Crippen molar-refractivity contribution in [2.24, 2.45) is 5.92 Å². The number of ketones is 1. The number of carbonyl (C=O) groups excluding carboxylic acids is 2. The third-order valence-corrected chi connectivity index (χ3v) is 4.27. The Morgan fingerprint density at radius 2 is 1.95 bits per heavy atom. The molecule has 0 amide bonds. The van der Waals surface area contributed by atoms with Crippen LogP contribution >= 0.6 is 23.2 Å². The van der Waals surface area contributed by atoms with Crippen LogP contribution in [0.5, 0.6) is 0 Å². The van der Waals surface area contributed by atoms with Gasteiger partial charge in [0.1, 0.15) is 0 Å². The van der Waals surface area contributed by atoms with Crippen LogP contribution in [0.3, 0.4) is 0 Å². The normalized spacial score (nSPS) is 21.9. The summed E-state index contributed by atoms with van der Waals surface area (Å²) in [6.45, 7) is 3.80. The van der Waals surface area contributed by atoms with E-state index < -0.39 is 5.92 Å². The zero-order valence-corrected chi connectivity index (χ0v) is 13.4. The van der Waals surface area contributed by atoms with Gasteiger partial charge in [0.15, 0.2) is 5.78 Å². The lowest BCUT2D eigenvalue weighted by atomic mass is 9.74. The maximum absolute atomic E-state index is 12.3. The minimum absolute atomic E-state index is 0.0333. The summed E-state index contributed by atoms with van der Waals surface area (Å²) in [6.07, 6.45) is 1.70. The minimum atomic E-state index is -0.528. The molecule has 21 heavy (non-hydrogen) atoms. The lowest BCUT2D eigenvalue weighted by molar-refractivity contribution is -0.147. The molecule has 3 nitrogen and oxygen atoms in total. The molecule has 1 aliphatic carbocycles. The minimum Gasteiger partial charge on any atom is -0.466 e. The fourth-order valence-corrected chi connectivity index (χ4v) is 3.45. The van der Waals surface area contributed by atoms with Crippen LogP contribution in [0, 0.1) is 5.92 Å². The Morgan fingerprint density at radius 3 is 2.52 bits per heavy atom. The molecular formula is C16H16Cl2O3. The molecule has 0 saturated heterocycles. The predicted molar refractivity (Wildman–Crippen MR) is 82.7 cm³/mol. The first-order valence-corrected chi connectivity index (χ1v) is 7.52. The van der Waals surface area contributed by atoms with Crippen molar-refractivity contribution in [3.8, 4) is 0 Å². The molecule has 112 valence electrons. The zero-order valence-electron chi connectivity index (χ0n) is 11.9. The highest BCUT2D eigenvalue weighted by Gasteiger charge is 2.38. The van der Waals surface area contributed by atoms with Crippen molar-refractivity contribution in [1.29, 1.82) is 0 Å². The maximum Gasteiger partial charge on any atom is 0.313 e. The molecule has 2 atom stereocenters. The standard InChI is InChI=1S/C16H16Cl2O3/c1-3-21-16(20)14-9(2)7-10(19)8-11(14)15-12(17)5-4-6-13(15)18/h4-7,11,14H,3,8H2,1-2H3. The molecule has 2 unspecified atom stereocenters. The molecule has 0 bridgehead atoms. The maximum atomic E-state index is 12.3. The van der Waals surface area contributed by atoms with Gasteiger partial charge in [-0.05, 0) is 37.6 Å². The van der Waals surface area contributed by atoms with E-state index in [0.717, 1.165) is 0 Å². The van der Waals surface area contributed by atoms with E-state index in [9.17, 15) is 9.59 Å². The van der Waals surface area contributed by atoms with Crippen molar-refractivity contribution in [2.45, 2.75) is 26.2 Å². The van der Waals surface area contributed by atoms with Crippen LogP contribution in [0.15, 0.2) is 29.8 Å². The molecule has 5 heteroatoms. The van der Waals surface area contributed by atoms with E-state index in [-0.39, 0.29) is 24.1 Å². The van der Waals surface area contributed by atoms with Gasteiger partial charge in [-0.2, -0.15) is 0 Å². The van der Waals surface area contributed by atoms with Crippen molar-refractivity contribution in [3.63, 3.8) is 0 Å². The SMILES string of the molecule is CCOC(=O)C1C(C)=CC(=O)CC1c1c(Cl)cccc1Cl. The van der Waals surface area contributed by atoms with Gasteiger partial charge in [-0.25, -0.2) is 0 Å². The Bertz CT molecular complexity index is 587. The summed E-state index contributed by atoms with van der Waals surface area (Å²) >= 11 is 12.5. The second-order valence-corrected chi connectivity index (χ2v) is 5.84. The van der Waals surface area contributed by atoms with Crippen LogP contribution in [-0.4, -0.2) is 18.4 Å². The van der Waals surface area contributed by atoms with Crippen LogP contribution in [-0.2, 0) is 14.3 Å². The van der Waals surface area contributed by atoms with Gasteiger partial charge in [-0.1, -0.05) is 34.8 Å². The average molecular weight is 327 g/mol. The number of carbonyl (C=O) groups is 2. The summed E-state index contributed by atoms with van der Waals surface area (Å²) in [5, 5.41) is 0.925. The molecule has 0 N–H and O–H groups in total. The molecule has 1 aliphatic rings. The number of halogens is 2. The largest absolute Gasteiger partial charge is 0.466 e. The van der Waals surface area contributed by atoms with E-state index in [1.807, 2.05) is 0 Å². The van der Waals surface area contributed by atoms with Gasteiger partial charge in [-0.3, -0.25) is 9.59 Å². The van der Waals surface area contributed by atoms with Crippen molar-refractivity contribution in [2.75, 3.05) is 6.61 Å². The van der Waals surface area contributed by atoms with E-state index >= 15 is 0 Å².